The summed E-state index contributed by atoms with van der Waals surface area (Å²) in [5, 5.41) is 3.51. The van der Waals surface area contributed by atoms with E-state index in [9.17, 15) is 0 Å². The van der Waals surface area contributed by atoms with Crippen LogP contribution in [0.2, 0.25) is 0 Å². The van der Waals surface area contributed by atoms with Gasteiger partial charge in [-0.1, -0.05) is 13.8 Å². The molecule has 0 spiro atoms. The maximum absolute atomic E-state index is 4.45. The van der Waals surface area contributed by atoms with E-state index in [1.807, 2.05) is 23.8 Å². The number of aromatic nitrogens is 3. The lowest BCUT2D eigenvalue weighted by Crippen LogP contribution is -2.22. The van der Waals surface area contributed by atoms with Gasteiger partial charge in [0.05, 0.1) is 5.69 Å². The number of nitrogens with zero attached hydrogens (tertiary/aromatic N) is 3. The van der Waals surface area contributed by atoms with E-state index in [2.05, 4.69) is 42.1 Å². The number of rotatable bonds is 4. The van der Waals surface area contributed by atoms with Crippen LogP contribution in [0.4, 0.5) is 5.69 Å². The van der Waals surface area contributed by atoms with Gasteiger partial charge in [0.1, 0.15) is 5.82 Å². The molecule has 2 heterocycles. The Morgan fingerprint density at radius 3 is 2.56 bits per heavy atom. The zero-order chi connectivity index (χ0) is 13.1. The number of nitrogens with one attached hydrogen (secondary N) is 1. The molecule has 0 radical (unpaired) electrons. The maximum atomic E-state index is 4.45. The lowest BCUT2D eigenvalue weighted by atomic mass is 10.1. The van der Waals surface area contributed by atoms with Crippen LogP contribution in [0.5, 0.6) is 0 Å². The first-order valence-electron chi connectivity index (χ1n) is 6.31. The van der Waals surface area contributed by atoms with Crippen molar-refractivity contribution in [3.05, 3.63) is 36.5 Å². The summed E-state index contributed by atoms with van der Waals surface area (Å²) in [6, 6.07) is 4.41. The monoisotopic (exact) mass is 244 g/mol. The highest BCUT2D eigenvalue weighted by Crippen LogP contribution is 2.20. The molecular formula is C14H20N4. The Morgan fingerprint density at radius 2 is 1.94 bits per heavy atom. The number of pyridine rings is 1. The normalized spacial score (nSPS) is 12.7. The van der Waals surface area contributed by atoms with Crippen molar-refractivity contribution in [3.8, 4) is 5.82 Å². The van der Waals surface area contributed by atoms with Crippen molar-refractivity contribution in [2.75, 3.05) is 5.32 Å². The standard InChI is InChI=1S/C14H20N4/c1-10(2)11(3)17-13-6-5-7-16-14(13)18-9-8-15-12(18)4/h5-11,17H,1-4H3. The van der Waals surface area contributed by atoms with Crippen LogP contribution in [0.25, 0.3) is 5.82 Å². The molecule has 0 bridgehead atoms. The molecule has 0 aliphatic heterocycles. The highest BCUT2D eigenvalue weighted by atomic mass is 15.1. The number of hydrogen-bond acceptors (Lipinski definition) is 3. The molecule has 0 saturated heterocycles. The molecule has 18 heavy (non-hydrogen) atoms. The lowest BCUT2D eigenvalue weighted by Gasteiger charge is -2.20. The number of hydrogen-bond donors (Lipinski definition) is 1. The van der Waals surface area contributed by atoms with E-state index in [-0.39, 0.29) is 0 Å². The molecule has 2 rings (SSSR count). The van der Waals surface area contributed by atoms with Crippen LogP contribution >= 0.6 is 0 Å². The second kappa shape index (κ2) is 5.21. The minimum atomic E-state index is 0.400. The second-order valence-corrected chi connectivity index (χ2v) is 4.90. The molecular weight excluding hydrogens is 224 g/mol. The average Bonchev–Trinajstić information content (AvgIpc) is 2.76. The van der Waals surface area contributed by atoms with Gasteiger partial charge in [0.25, 0.3) is 0 Å². The maximum Gasteiger partial charge on any atom is 0.161 e. The van der Waals surface area contributed by atoms with Gasteiger partial charge < -0.3 is 5.32 Å². The van der Waals surface area contributed by atoms with Crippen molar-refractivity contribution in [3.63, 3.8) is 0 Å². The topological polar surface area (TPSA) is 42.7 Å². The predicted molar refractivity (Wildman–Crippen MR) is 74.0 cm³/mol. The minimum Gasteiger partial charge on any atom is -0.379 e. The first-order chi connectivity index (χ1) is 8.59. The van der Waals surface area contributed by atoms with Crippen molar-refractivity contribution in [2.45, 2.75) is 33.7 Å². The summed E-state index contributed by atoms with van der Waals surface area (Å²) in [5.41, 5.74) is 1.04. The molecule has 2 aromatic rings. The molecule has 4 heteroatoms. The van der Waals surface area contributed by atoms with Gasteiger partial charge in [-0.05, 0) is 31.9 Å². The molecule has 2 aromatic heterocycles. The van der Waals surface area contributed by atoms with E-state index >= 15 is 0 Å². The van der Waals surface area contributed by atoms with Crippen molar-refractivity contribution in [1.82, 2.24) is 14.5 Å². The summed E-state index contributed by atoms with van der Waals surface area (Å²) in [6.45, 7) is 8.57. The second-order valence-electron chi connectivity index (χ2n) is 4.90. The van der Waals surface area contributed by atoms with Gasteiger partial charge in [0.15, 0.2) is 5.82 Å². The number of imidazole rings is 1. The fourth-order valence-corrected chi connectivity index (χ4v) is 1.72. The zero-order valence-corrected chi connectivity index (χ0v) is 11.4. The third kappa shape index (κ3) is 2.53. The minimum absolute atomic E-state index is 0.400. The average molecular weight is 244 g/mol. The van der Waals surface area contributed by atoms with Gasteiger partial charge >= 0.3 is 0 Å². The van der Waals surface area contributed by atoms with Gasteiger partial charge in [0.2, 0.25) is 0 Å². The molecule has 96 valence electrons. The van der Waals surface area contributed by atoms with Crippen LogP contribution < -0.4 is 5.32 Å². The predicted octanol–water partition coefficient (Wildman–Crippen LogP) is 3.03. The lowest BCUT2D eigenvalue weighted by molar-refractivity contribution is 0.559. The summed E-state index contributed by atoms with van der Waals surface area (Å²) in [5.74, 6) is 2.41. The molecule has 1 unspecified atom stereocenters. The van der Waals surface area contributed by atoms with Crippen LogP contribution in [0.15, 0.2) is 30.7 Å². The first kappa shape index (κ1) is 12.6. The third-order valence-electron chi connectivity index (χ3n) is 3.22. The van der Waals surface area contributed by atoms with Gasteiger partial charge in [-0.2, -0.15) is 0 Å². The van der Waals surface area contributed by atoms with E-state index in [1.54, 1.807) is 12.4 Å². The SMILES string of the molecule is Cc1nccn1-c1ncccc1NC(C)C(C)C. The van der Waals surface area contributed by atoms with Crippen LogP contribution in [-0.4, -0.2) is 20.6 Å². The van der Waals surface area contributed by atoms with Crippen LogP contribution in [0.3, 0.4) is 0 Å². The Morgan fingerprint density at radius 1 is 1.17 bits per heavy atom. The fraction of sp³-hybridized carbons (Fsp3) is 0.429. The Bertz CT molecular complexity index is 516. The highest BCUT2D eigenvalue weighted by Gasteiger charge is 2.12. The smallest absolute Gasteiger partial charge is 0.161 e. The van der Waals surface area contributed by atoms with Crippen molar-refractivity contribution in [2.24, 2.45) is 5.92 Å². The summed E-state index contributed by atoms with van der Waals surface area (Å²) in [6.07, 6.45) is 5.53. The summed E-state index contributed by atoms with van der Waals surface area (Å²) in [7, 11) is 0. The third-order valence-corrected chi connectivity index (χ3v) is 3.22. The molecule has 0 aromatic carbocycles. The highest BCUT2D eigenvalue weighted by molar-refractivity contribution is 5.57. The van der Waals surface area contributed by atoms with Crippen molar-refractivity contribution >= 4 is 5.69 Å². The summed E-state index contributed by atoms with van der Waals surface area (Å²) in [4.78, 5) is 8.70. The van der Waals surface area contributed by atoms with Gasteiger partial charge in [-0.25, -0.2) is 9.97 Å². The molecule has 0 amide bonds. The van der Waals surface area contributed by atoms with Crippen LogP contribution in [0, 0.1) is 12.8 Å². The Labute approximate surface area is 108 Å². The molecule has 1 N–H and O–H groups in total. The first-order valence-corrected chi connectivity index (χ1v) is 6.31. The Kier molecular flexibility index (Phi) is 3.65. The quantitative estimate of drug-likeness (QED) is 0.899. The fourth-order valence-electron chi connectivity index (χ4n) is 1.72. The van der Waals surface area contributed by atoms with E-state index < -0.39 is 0 Å². The van der Waals surface area contributed by atoms with E-state index in [1.165, 1.54) is 0 Å². The zero-order valence-electron chi connectivity index (χ0n) is 11.4. The molecule has 0 saturated carbocycles. The Hall–Kier alpha value is -1.84. The van der Waals surface area contributed by atoms with E-state index in [4.69, 9.17) is 0 Å². The van der Waals surface area contributed by atoms with Crippen molar-refractivity contribution < 1.29 is 0 Å². The Balaban J connectivity index is 2.35. The van der Waals surface area contributed by atoms with Gasteiger partial charge in [-0.15, -0.1) is 0 Å². The largest absolute Gasteiger partial charge is 0.379 e. The van der Waals surface area contributed by atoms with Crippen molar-refractivity contribution in [1.29, 1.82) is 0 Å². The summed E-state index contributed by atoms with van der Waals surface area (Å²) >= 11 is 0. The molecule has 0 aliphatic carbocycles. The number of aryl methyl sites for hydroxylation is 1. The molecule has 1 atom stereocenters. The number of anilines is 1. The van der Waals surface area contributed by atoms with Crippen LogP contribution in [-0.2, 0) is 0 Å². The molecule has 0 aliphatic rings. The van der Waals surface area contributed by atoms with E-state index in [0.717, 1.165) is 17.3 Å². The van der Waals surface area contributed by atoms with E-state index in [0.29, 0.717) is 12.0 Å². The van der Waals surface area contributed by atoms with Gasteiger partial charge in [0, 0.05) is 24.6 Å². The summed E-state index contributed by atoms with van der Waals surface area (Å²) < 4.78 is 2.00. The van der Waals surface area contributed by atoms with Crippen LogP contribution in [0.1, 0.15) is 26.6 Å². The van der Waals surface area contributed by atoms with Gasteiger partial charge in [-0.3, -0.25) is 4.57 Å². The molecule has 4 nitrogen and oxygen atoms in total. The molecule has 0 fully saturated rings.